The third-order valence-corrected chi connectivity index (χ3v) is 2.83. The minimum absolute atomic E-state index is 0.291. The van der Waals surface area contributed by atoms with Crippen LogP contribution in [0.4, 0.5) is 5.69 Å². The van der Waals surface area contributed by atoms with Gasteiger partial charge in [-0.05, 0) is 19.1 Å². The molecule has 0 aromatic heterocycles. The van der Waals surface area contributed by atoms with Crippen LogP contribution in [0.25, 0.3) is 0 Å². The van der Waals surface area contributed by atoms with Crippen LogP contribution >= 0.6 is 0 Å². The summed E-state index contributed by atoms with van der Waals surface area (Å²) in [5, 5.41) is 4.20. The SMILES string of the molecule is CCOC(=O)/C(=N\Nc1ccccc1)N1CCOCC1. The molecule has 1 fully saturated rings. The number of nitrogens with zero attached hydrogens (tertiary/aromatic N) is 2. The molecular weight excluding hydrogens is 258 g/mol. The van der Waals surface area contributed by atoms with Gasteiger partial charge in [0, 0.05) is 13.1 Å². The van der Waals surface area contributed by atoms with Crippen LogP contribution in [-0.4, -0.2) is 49.6 Å². The number of nitrogens with one attached hydrogen (secondary N) is 1. The number of esters is 1. The number of hydrogen-bond acceptors (Lipinski definition) is 5. The van der Waals surface area contributed by atoms with Gasteiger partial charge in [0.15, 0.2) is 0 Å². The first-order chi connectivity index (χ1) is 9.81. The van der Waals surface area contributed by atoms with Gasteiger partial charge in [-0.15, -0.1) is 5.10 Å². The summed E-state index contributed by atoms with van der Waals surface area (Å²) in [7, 11) is 0. The van der Waals surface area contributed by atoms with Crippen LogP contribution < -0.4 is 5.43 Å². The number of para-hydroxylation sites is 1. The summed E-state index contributed by atoms with van der Waals surface area (Å²) in [6, 6.07) is 9.48. The summed E-state index contributed by atoms with van der Waals surface area (Å²) in [5.41, 5.74) is 3.71. The highest BCUT2D eigenvalue weighted by Crippen LogP contribution is 2.07. The Kier molecular flexibility index (Phi) is 5.37. The van der Waals surface area contributed by atoms with Gasteiger partial charge in [-0.25, -0.2) is 4.79 Å². The predicted molar refractivity (Wildman–Crippen MR) is 76.5 cm³/mol. The number of amidine groups is 1. The van der Waals surface area contributed by atoms with Gasteiger partial charge in [0.05, 0.1) is 25.5 Å². The van der Waals surface area contributed by atoms with Crippen molar-refractivity contribution in [2.75, 3.05) is 38.3 Å². The maximum Gasteiger partial charge on any atom is 0.375 e. The van der Waals surface area contributed by atoms with Gasteiger partial charge in [0.2, 0.25) is 5.84 Å². The Morgan fingerprint density at radius 1 is 1.35 bits per heavy atom. The number of hydrazone groups is 1. The first-order valence-corrected chi connectivity index (χ1v) is 6.70. The summed E-state index contributed by atoms with van der Waals surface area (Å²) in [6.07, 6.45) is 0. The number of ether oxygens (including phenoxy) is 2. The molecule has 1 aliphatic heterocycles. The van der Waals surface area contributed by atoms with Crippen molar-refractivity contribution in [3.63, 3.8) is 0 Å². The summed E-state index contributed by atoms with van der Waals surface area (Å²) in [4.78, 5) is 13.9. The first kappa shape index (κ1) is 14.3. The van der Waals surface area contributed by atoms with Crippen molar-refractivity contribution in [2.24, 2.45) is 5.10 Å². The highest BCUT2D eigenvalue weighted by molar-refractivity contribution is 6.35. The third kappa shape index (κ3) is 3.96. The van der Waals surface area contributed by atoms with Gasteiger partial charge < -0.3 is 14.4 Å². The first-order valence-electron chi connectivity index (χ1n) is 6.70. The van der Waals surface area contributed by atoms with Gasteiger partial charge in [-0.3, -0.25) is 5.43 Å². The zero-order valence-corrected chi connectivity index (χ0v) is 11.5. The Hall–Kier alpha value is -2.08. The van der Waals surface area contributed by atoms with E-state index in [1.54, 1.807) is 6.92 Å². The van der Waals surface area contributed by atoms with Crippen LogP contribution in [0.5, 0.6) is 0 Å². The molecule has 1 N–H and O–H groups in total. The average molecular weight is 277 g/mol. The molecule has 6 heteroatoms. The monoisotopic (exact) mass is 277 g/mol. The molecule has 1 aromatic carbocycles. The second kappa shape index (κ2) is 7.49. The zero-order chi connectivity index (χ0) is 14.2. The molecular formula is C14H19N3O3. The molecule has 0 spiro atoms. The number of hydrogen-bond donors (Lipinski definition) is 1. The fourth-order valence-corrected chi connectivity index (χ4v) is 1.85. The van der Waals surface area contributed by atoms with E-state index in [1.165, 1.54) is 0 Å². The third-order valence-electron chi connectivity index (χ3n) is 2.83. The summed E-state index contributed by atoms with van der Waals surface area (Å²) < 4.78 is 10.3. The minimum atomic E-state index is -0.419. The van der Waals surface area contributed by atoms with Crippen LogP contribution in [0, 0.1) is 0 Å². The summed E-state index contributed by atoms with van der Waals surface area (Å²) in [6.45, 7) is 4.54. The van der Waals surface area contributed by atoms with Crippen molar-refractivity contribution in [1.29, 1.82) is 0 Å². The number of carbonyl (C=O) groups excluding carboxylic acids is 1. The maximum absolute atomic E-state index is 12.0. The van der Waals surface area contributed by atoms with Crippen LogP contribution in [0.1, 0.15) is 6.92 Å². The van der Waals surface area contributed by atoms with Crippen LogP contribution in [0.3, 0.4) is 0 Å². The molecule has 0 radical (unpaired) electrons. The lowest BCUT2D eigenvalue weighted by Crippen LogP contribution is -2.45. The molecule has 0 aliphatic carbocycles. The molecule has 0 amide bonds. The largest absolute Gasteiger partial charge is 0.460 e. The van der Waals surface area contributed by atoms with Crippen LogP contribution in [0.2, 0.25) is 0 Å². The lowest BCUT2D eigenvalue weighted by molar-refractivity contribution is -0.136. The number of morpholine rings is 1. The highest BCUT2D eigenvalue weighted by Gasteiger charge is 2.23. The quantitative estimate of drug-likeness (QED) is 0.390. The smallest absolute Gasteiger partial charge is 0.375 e. The van der Waals surface area contributed by atoms with Gasteiger partial charge >= 0.3 is 5.97 Å². The van der Waals surface area contributed by atoms with Crippen molar-refractivity contribution in [2.45, 2.75) is 6.92 Å². The summed E-state index contributed by atoms with van der Waals surface area (Å²) in [5.74, 6) is -0.128. The van der Waals surface area contributed by atoms with Gasteiger partial charge in [0.1, 0.15) is 0 Å². The van der Waals surface area contributed by atoms with Crippen LogP contribution in [0.15, 0.2) is 35.4 Å². The fourth-order valence-electron chi connectivity index (χ4n) is 1.85. The number of anilines is 1. The minimum Gasteiger partial charge on any atom is -0.460 e. The van der Waals surface area contributed by atoms with Crippen molar-refractivity contribution >= 4 is 17.5 Å². The van der Waals surface area contributed by atoms with E-state index in [0.29, 0.717) is 38.7 Å². The molecule has 20 heavy (non-hydrogen) atoms. The Morgan fingerprint density at radius 2 is 2.05 bits per heavy atom. The van der Waals surface area contributed by atoms with E-state index in [4.69, 9.17) is 9.47 Å². The predicted octanol–water partition coefficient (Wildman–Crippen LogP) is 1.31. The van der Waals surface area contributed by atoms with Crippen molar-refractivity contribution in [1.82, 2.24) is 4.90 Å². The van der Waals surface area contributed by atoms with Gasteiger partial charge in [-0.1, -0.05) is 18.2 Å². The van der Waals surface area contributed by atoms with E-state index in [1.807, 2.05) is 35.2 Å². The normalized spacial score (nSPS) is 15.8. The Labute approximate surface area is 118 Å². The lowest BCUT2D eigenvalue weighted by Gasteiger charge is -2.28. The van der Waals surface area contributed by atoms with Gasteiger partial charge in [-0.2, -0.15) is 0 Å². The summed E-state index contributed by atoms with van der Waals surface area (Å²) >= 11 is 0. The molecule has 0 unspecified atom stereocenters. The van der Waals surface area contributed by atoms with E-state index < -0.39 is 5.97 Å². The highest BCUT2D eigenvalue weighted by atomic mass is 16.5. The van der Waals surface area contributed by atoms with Crippen LogP contribution in [-0.2, 0) is 14.3 Å². The molecule has 1 aromatic rings. The number of rotatable bonds is 3. The Bertz CT molecular complexity index is 456. The maximum atomic E-state index is 12.0. The zero-order valence-electron chi connectivity index (χ0n) is 11.5. The molecule has 2 rings (SSSR count). The second-order valence-corrected chi connectivity index (χ2v) is 4.23. The standard InChI is InChI=1S/C14H19N3O3/c1-2-20-14(18)13(17-8-10-19-11-9-17)16-15-12-6-4-3-5-7-12/h3-7,15H,2,8-11H2,1H3/b16-13+. The molecule has 1 saturated heterocycles. The van der Waals surface area contributed by atoms with E-state index >= 15 is 0 Å². The van der Waals surface area contributed by atoms with E-state index in [0.717, 1.165) is 5.69 Å². The fraction of sp³-hybridized carbons (Fsp3) is 0.429. The lowest BCUT2D eigenvalue weighted by atomic mass is 10.3. The molecule has 0 atom stereocenters. The Morgan fingerprint density at radius 3 is 2.70 bits per heavy atom. The van der Waals surface area contributed by atoms with Gasteiger partial charge in [0.25, 0.3) is 0 Å². The topological polar surface area (TPSA) is 63.2 Å². The van der Waals surface area contributed by atoms with Crippen molar-refractivity contribution < 1.29 is 14.3 Å². The molecule has 1 aliphatic rings. The van der Waals surface area contributed by atoms with Crippen molar-refractivity contribution in [3.8, 4) is 0 Å². The van der Waals surface area contributed by atoms with Crippen molar-refractivity contribution in [3.05, 3.63) is 30.3 Å². The van der Waals surface area contributed by atoms with E-state index in [9.17, 15) is 4.79 Å². The number of benzene rings is 1. The molecule has 0 saturated carbocycles. The van der Waals surface area contributed by atoms with E-state index in [-0.39, 0.29) is 0 Å². The number of carbonyl (C=O) groups is 1. The average Bonchev–Trinajstić information content (AvgIpc) is 2.50. The molecule has 1 heterocycles. The van der Waals surface area contributed by atoms with E-state index in [2.05, 4.69) is 10.5 Å². The Balaban J connectivity index is 2.10. The molecule has 0 bridgehead atoms. The molecule has 108 valence electrons. The second-order valence-electron chi connectivity index (χ2n) is 4.23. The molecule has 6 nitrogen and oxygen atoms in total.